The number of amides is 1. The minimum absolute atomic E-state index is 0.599. The lowest BCUT2D eigenvalue weighted by molar-refractivity contribution is -0.109. The third kappa shape index (κ3) is 1.33. The fourth-order valence-corrected chi connectivity index (χ4v) is 1.28. The van der Waals surface area contributed by atoms with Gasteiger partial charge in [0.05, 0.1) is 5.69 Å². The summed E-state index contributed by atoms with van der Waals surface area (Å²) >= 11 is 0. The summed E-state index contributed by atoms with van der Waals surface area (Å²) in [5.74, 6) is 0. The fraction of sp³-hybridized carbons (Fsp3) is 0. The van der Waals surface area contributed by atoms with Gasteiger partial charge in [0.1, 0.15) is 0 Å². The second-order valence-electron chi connectivity index (χ2n) is 2.64. The van der Waals surface area contributed by atoms with Gasteiger partial charge >= 0.3 is 0 Å². The van der Waals surface area contributed by atoms with Gasteiger partial charge in [-0.15, -0.1) is 0 Å². The molecule has 0 aliphatic carbocycles. The number of carbonyl (C=O) groups is 1. The molecule has 2 aromatic rings. The number of hydrogen-bond donors (Lipinski definition) is 3. The van der Waals surface area contributed by atoms with Crippen LogP contribution in [0, 0.1) is 0 Å². The van der Waals surface area contributed by atoms with E-state index in [0.29, 0.717) is 6.41 Å². The van der Waals surface area contributed by atoms with E-state index in [1.165, 1.54) is 0 Å². The van der Waals surface area contributed by atoms with Crippen molar-refractivity contribution in [1.82, 2.24) is 10.4 Å². The molecule has 0 spiro atoms. The molecule has 0 fully saturated rings. The first-order valence-corrected chi connectivity index (χ1v) is 3.93. The molecule has 3 N–H and O–H groups in total. The number of anilines is 1. The molecular weight excluding hydrogens is 166 g/mol. The Morgan fingerprint density at radius 1 is 1.31 bits per heavy atom. The van der Waals surface area contributed by atoms with Crippen molar-refractivity contribution in [2.75, 3.05) is 5.43 Å². The van der Waals surface area contributed by atoms with Crippen LogP contribution in [0.1, 0.15) is 0 Å². The Bertz CT molecular complexity index is 421. The summed E-state index contributed by atoms with van der Waals surface area (Å²) in [5.41, 5.74) is 7.06. The average molecular weight is 175 g/mol. The van der Waals surface area contributed by atoms with Gasteiger partial charge in [0, 0.05) is 17.1 Å². The van der Waals surface area contributed by atoms with Crippen molar-refractivity contribution in [3.63, 3.8) is 0 Å². The Labute approximate surface area is 74.9 Å². The Kier molecular flexibility index (Phi) is 1.88. The number of aromatic amines is 1. The number of carbonyl (C=O) groups excluding carboxylic acids is 1. The van der Waals surface area contributed by atoms with Gasteiger partial charge in [0.15, 0.2) is 0 Å². The summed E-state index contributed by atoms with van der Waals surface area (Å²) < 4.78 is 0. The minimum atomic E-state index is 0.599. The summed E-state index contributed by atoms with van der Waals surface area (Å²) in [6.45, 7) is 0. The summed E-state index contributed by atoms with van der Waals surface area (Å²) in [7, 11) is 0. The van der Waals surface area contributed by atoms with E-state index in [9.17, 15) is 4.79 Å². The van der Waals surface area contributed by atoms with E-state index in [1.54, 1.807) is 6.20 Å². The van der Waals surface area contributed by atoms with E-state index < -0.39 is 0 Å². The largest absolute Gasteiger partial charge is 0.359 e. The van der Waals surface area contributed by atoms with Crippen LogP contribution in [-0.2, 0) is 4.79 Å². The molecule has 0 radical (unpaired) electrons. The Morgan fingerprint density at radius 3 is 3.00 bits per heavy atom. The van der Waals surface area contributed by atoms with Crippen molar-refractivity contribution in [3.8, 4) is 0 Å². The van der Waals surface area contributed by atoms with Crippen molar-refractivity contribution in [1.29, 1.82) is 0 Å². The second kappa shape index (κ2) is 3.18. The zero-order chi connectivity index (χ0) is 9.10. The summed E-state index contributed by atoms with van der Waals surface area (Å²) in [4.78, 5) is 13.1. The van der Waals surface area contributed by atoms with Crippen LogP contribution >= 0.6 is 0 Å². The number of rotatable bonds is 3. The van der Waals surface area contributed by atoms with Crippen LogP contribution in [0.2, 0.25) is 0 Å². The molecule has 0 saturated carbocycles. The average Bonchev–Trinajstić information content (AvgIpc) is 2.58. The molecule has 1 aromatic carbocycles. The SMILES string of the molecule is O=CNNc1c[nH]c2ccccc12. The van der Waals surface area contributed by atoms with Crippen LogP contribution in [0.25, 0.3) is 10.9 Å². The molecule has 0 aliphatic heterocycles. The Balaban J connectivity index is 2.40. The van der Waals surface area contributed by atoms with Gasteiger partial charge in [-0.05, 0) is 6.07 Å². The highest BCUT2D eigenvalue weighted by atomic mass is 16.1. The zero-order valence-corrected chi connectivity index (χ0v) is 6.87. The Morgan fingerprint density at radius 2 is 2.15 bits per heavy atom. The number of benzene rings is 1. The monoisotopic (exact) mass is 175 g/mol. The normalized spacial score (nSPS) is 9.85. The molecule has 0 atom stereocenters. The maximum Gasteiger partial charge on any atom is 0.225 e. The maximum atomic E-state index is 10.1. The molecule has 4 nitrogen and oxygen atoms in total. The molecule has 0 aliphatic rings. The van der Waals surface area contributed by atoms with Crippen molar-refractivity contribution < 1.29 is 4.79 Å². The molecule has 1 amide bonds. The molecule has 0 unspecified atom stereocenters. The molecule has 13 heavy (non-hydrogen) atoms. The zero-order valence-electron chi connectivity index (χ0n) is 6.87. The van der Waals surface area contributed by atoms with Gasteiger partial charge in [-0.1, -0.05) is 18.2 Å². The topological polar surface area (TPSA) is 56.9 Å². The molecular formula is C9H9N3O. The van der Waals surface area contributed by atoms with Gasteiger partial charge < -0.3 is 4.98 Å². The van der Waals surface area contributed by atoms with E-state index in [4.69, 9.17) is 0 Å². The van der Waals surface area contributed by atoms with Gasteiger partial charge in [-0.25, -0.2) is 0 Å². The van der Waals surface area contributed by atoms with E-state index >= 15 is 0 Å². The highest BCUT2D eigenvalue weighted by Crippen LogP contribution is 2.21. The summed E-state index contributed by atoms with van der Waals surface area (Å²) in [5, 5.41) is 1.05. The third-order valence-electron chi connectivity index (χ3n) is 1.86. The molecule has 4 heteroatoms. The first-order chi connectivity index (χ1) is 6.42. The molecule has 0 bridgehead atoms. The minimum Gasteiger partial charge on any atom is -0.359 e. The molecule has 1 heterocycles. The van der Waals surface area contributed by atoms with Gasteiger partial charge in [-0.2, -0.15) is 0 Å². The van der Waals surface area contributed by atoms with E-state index in [-0.39, 0.29) is 0 Å². The van der Waals surface area contributed by atoms with Crippen molar-refractivity contribution in [2.24, 2.45) is 0 Å². The van der Waals surface area contributed by atoms with Crippen LogP contribution in [-0.4, -0.2) is 11.4 Å². The number of nitrogens with one attached hydrogen (secondary N) is 3. The smallest absolute Gasteiger partial charge is 0.225 e. The number of para-hydroxylation sites is 1. The molecule has 0 saturated heterocycles. The summed E-state index contributed by atoms with van der Waals surface area (Å²) in [6, 6.07) is 7.85. The van der Waals surface area contributed by atoms with Gasteiger partial charge in [0.2, 0.25) is 6.41 Å². The number of H-pyrrole nitrogens is 1. The number of hydrazine groups is 1. The summed E-state index contributed by atoms with van der Waals surface area (Å²) in [6.07, 6.45) is 2.41. The van der Waals surface area contributed by atoms with Crippen LogP contribution in [0.15, 0.2) is 30.5 Å². The van der Waals surface area contributed by atoms with E-state index in [2.05, 4.69) is 15.8 Å². The standard InChI is InChI=1S/C9H9N3O/c13-6-11-12-9-5-10-8-4-2-1-3-7(8)9/h1-6,10,12H,(H,11,13). The predicted octanol–water partition coefficient (Wildman–Crippen LogP) is 1.24. The van der Waals surface area contributed by atoms with Crippen LogP contribution in [0.4, 0.5) is 5.69 Å². The quantitative estimate of drug-likeness (QED) is 0.485. The number of fused-ring (bicyclic) bond motifs is 1. The molecule has 2 rings (SSSR count). The maximum absolute atomic E-state index is 10.1. The predicted molar refractivity (Wildman–Crippen MR) is 51.1 cm³/mol. The lowest BCUT2D eigenvalue weighted by Crippen LogP contribution is -2.18. The van der Waals surface area contributed by atoms with Gasteiger partial charge in [0.25, 0.3) is 0 Å². The van der Waals surface area contributed by atoms with Crippen LogP contribution in [0.5, 0.6) is 0 Å². The van der Waals surface area contributed by atoms with Crippen LogP contribution < -0.4 is 10.9 Å². The van der Waals surface area contributed by atoms with Crippen LogP contribution in [0.3, 0.4) is 0 Å². The van der Waals surface area contributed by atoms with E-state index in [0.717, 1.165) is 16.6 Å². The third-order valence-corrected chi connectivity index (χ3v) is 1.86. The Hall–Kier alpha value is -1.97. The molecule has 66 valence electrons. The van der Waals surface area contributed by atoms with E-state index in [1.807, 2.05) is 24.3 Å². The fourth-order valence-electron chi connectivity index (χ4n) is 1.28. The second-order valence-corrected chi connectivity index (χ2v) is 2.64. The number of aromatic nitrogens is 1. The highest BCUT2D eigenvalue weighted by Gasteiger charge is 1.99. The first kappa shape index (κ1) is 7.67. The van der Waals surface area contributed by atoms with Crippen molar-refractivity contribution in [2.45, 2.75) is 0 Å². The molecule has 1 aromatic heterocycles. The number of hydrogen-bond acceptors (Lipinski definition) is 2. The highest BCUT2D eigenvalue weighted by molar-refractivity contribution is 5.92. The van der Waals surface area contributed by atoms with Crippen molar-refractivity contribution in [3.05, 3.63) is 30.5 Å². The van der Waals surface area contributed by atoms with Crippen molar-refractivity contribution >= 4 is 23.0 Å². The lowest BCUT2D eigenvalue weighted by atomic mass is 10.2. The van der Waals surface area contributed by atoms with Gasteiger partial charge in [-0.3, -0.25) is 15.6 Å². The lowest BCUT2D eigenvalue weighted by Gasteiger charge is -2.00. The first-order valence-electron chi connectivity index (χ1n) is 3.93.